The van der Waals surface area contributed by atoms with Gasteiger partial charge in [0.15, 0.2) is 0 Å². The van der Waals surface area contributed by atoms with E-state index in [9.17, 15) is 23.7 Å². The molecule has 156 valence electrons. The Kier molecular flexibility index (Phi) is 9.04. The number of ether oxygens (including phenoxy) is 1. The monoisotopic (exact) mass is 443 g/mol. The van der Waals surface area contributed by atoms with Crippen molar-refractivity contribution in [2.45, 2.75) is 25.2 Å². The van der Waals surface area contributed by atoms with E-state index in [0.717, 1.165) is 21.3 Å². The first-order valence-electron chi connectivity index (χ1n) is 7.25. The van der Waals surface area contributed by atoms with Crippen LogP contribution in [0, 0.1) is 5.92 Å². The number of rotatable bonds is 11. The Morgan fingerprint density at radius 2 is 1.62 bits per heavy atom. The third kappa shape index (κ3) is 6.42. The number of phosphoric ester groups is 2. The van der Waals surface area contributed by atoms with Crippen molar-refractivity contribution in [2.24, 2.45) is 11.7 Å². The summed E-state index contributed by atoms with van der Waals surface area (Å²) in [6.45, 7) is 1.29. The van der Waals surface area contributed by atoms with Gasteiger partial charge in [0.05, 0.1) is 24.9 Å². The Labute approximate surface area is 150 Å². The van der Waals surface area contributed by atoms with Gasteiger partial charge in [0, 0.05) is 33.8 Å². The van der Waals surface area contributed by atoms with Crippen LogP contribution in [0.1, 0.15) is 6.92 Å². The molecular weight excluding hydrogens is 419 g/mol. The lowest BCUT2D eigenvalue weighted by molar-refractivity contribution is -0.00348. The Hall–Kier alpha value is 0.290. The summed E-state index contributed by atoms with van der Waals surface area (Å²) in [7, 11) is -11.7. The van der Waals surface area contributed by atoms with Crippen LogP contribution in [-0.2, 0) is 45.1 Å². The largest absolute Gasteiger partial charge is 0.492 e. The van der Waals surface area contributed by atoms with Crippen molar-refractivity contribution in [3.8, 4) is 0 Å². The van der Waals surface area contributed by atoms with Crippen molar-refractivity contribution in [1.29, 1.82) is 0 Å². The fourth-order valence-electron chi connectivity index (χ4n) is 2.12. The number of phosphoric acid groups is 3. The second-order valence-electron chi connectivity index (χ2n) is 5.14. The lowest BCUT2D eigenvalue weighted by atomic mass is 9.97. The van der Waals surface area contributed by atoms with Crippen molar-refractivity contribution in [2.75, 3.05) is 34.5 Å². The summed E-state index contributed by atoms with van der Waals surface area (Å²) in [6.07, 6.45) is -2.13. The van der Waals surface area contributed by atoms with Crippen LogP contribution in [0.15, 0.2) is 0 Å². The molecular formula is C10H24NO12P3. The van der Waals surface area contributed by atoms with Gasteiger partial charge in [-0.25, -0.2) is 13.7 Å². The maximum Gasteiger partial charge on any atom is 0.492 e. The van der Waals surface area contributed by atoms with Crippen LogP contribution in [-0.4, -0.2) is 62.8 Å². The molecule has 26 heavy (non-hydrogen) atoms. The zero-order valence-corrected chi connectivity index (χ0v) is 17.3. The van der Waals surface area contributed by atoms with E-state index >= 15 is 0 Å². The zero-order chi connectivity index (χ0) is 20.2. The van der Waals surface area contributed by atoms with Crippen molar-refractivity contribution < 1.29 is 55.1 Å². The van der Waals surface area contributed by atoms with Gasteiger partial charge in [-0.2, -0.15) is 8.62 Å². The quantitative estimate of drug-likeness (QED) is 0.385. The molecule has 0 amide bonds. The van der Waals surface area contributed by atoms with Crippen molar-refractivity contribution >= 4 is 23.5 Å². The van der Waals surface area contributed by atoms with E-state index < -0.39 is 54.3 Å². The molecule has 1 aliphatic rings. The van der Waals surface area contributed by atoms with Gasteiger partial charge < -0.3 is 20.5 Å². The Balaban J connectivity index is 2.83. The summed E-state index contributed by atoms with van der Waals surface area (Å²) in [5, 5.41) is 9.94. The van der Waals surface area contributed by atoms with Gasteiger partial charge >= 0.3 is 23.5 Å². The minimum atomic E-state index is -4.85. The van der Waals surface area contributed by atoms with Gasteiger partial charge in [-0.05, 0) is 6.92 Å². The number of aliphatic hydroxyl groups excluding tert-OH is 1. The minimum absolute atomic E-state index is 0.0683. The second kappa shape index (κ2) is 9.67. The van der Waals surface area contributed by atoms with Gasteiger partial charge in [-0.3, -0.25) is 18.1 Å². The molecule has 1 aliphatic heterocycles. The lowest BCUT2D eigenvalue weighted by Gasteiger charge is -2.24. The summed E-state index contributed by atoms with van der Waals surface area (Å²) < 4.78 is 68.5. The summed E-state index contributed by atoms with van der Waals surface area (Å²) >= 11 is 0. The predicted molar refractivity (Wildman–Crippen MR) is 87.1 cm³/mol. The highest BCUT2D eigenvalue weighted by Crippen LogP contribution is 2.71. The van der Waals surface area contributed by atoms with E-state index in [0.29, 0.717) is 0 Å². The first-order chi connectivity index (χ1) is 11.9. The molecule has 0 radical (unpaired) electrons. The molecule has 1 fully saturated rings. The number of nitrogens with two attached hydrogens (primary N) is 1. The molecule has 4 N–H and O–H groups in total. The number of hydrogen-bond donors (Lipinski definition) is 3. The normalized spacial score (nSPS) is 33.3. The molecule has 0 bridgehead atoms. The Bertz CT molecular complexity index is 602. The van der Waals surface area contributed by atoms with Crippen LogP contribution in [0.3, 0.4) is 0 Å². The predicted octanol–water partition coefficient (Wildman–Crippen LogP) is 1.02. The fraction of sp³-hybridized carbons (Fsp3) is 1.00. The first-order valence-corrected chi connectivity index (χ1v) is 11.7. The van der Waals surface area contributed by atoms with Gasteiger partial charge in [-0.15, -0.1) is 0 Å². The van der Waals surface area contributed by atoms with E-state index in [1.54, 1.807) is 6.92 Å². The minimum Gasteiger partial charge on any atom is -0.390 e. The Morgan fingerprint density at radius 1 is 1.04 bits per heavy atom. The SMILES string of the molecule is COP(=O)(O)OP(=O)(OC)OP(=O)(OC)OC[C@H]1O[C@@H](C)[C@H](O)[C@@H]1CN. The van der Waals surface area contributed by atoms with E-state index in [4.69, 9.17) is 15.0 Å². The third-order valence-electron chi connectivity index (χ3n) is 3.54. The molecule has 0 spiro atoms. The van der Waals surface area contributed by atoms with Crippen molar-refractivity contribution in [1.82, 2.24) is 0 Å². The number of aliphatic hydroxyl groups is 1. The van der Waals surface area contributed by atoms with Crippen molar-refractivity contribution in [3.05, 3.63) is 0 Å². The van der Waals surface area contributed by atoms with Gasteiger partial charge in [0.1, 0.15) is 0 Å². The molecule has 0 aliphatic carbocycles. The molecule has 1 saturated heterocycles. The highest BCUT2D eigenvalue weighted by atomic mass is 31.3. The zero-order valence-electron chi connectivity index (χ0n) is 14.6. The fourth-order valence-corrected chi connectivity index (χ4v) is 6.19. The highest BCUT2D eigenvalue weighted by molar-refractivity contribution is 7.67. The summed E-state index contributed by atoms with van der Waals surface area (Å²) in [5.41, 5.74) is 5.57. The average molecular weight is 443 g/mol. The van der Waals surface area contributed by atoms with Crippen LogP contribution >= 0.6 is 23.5 Å². The summed E-state index contributed by atoms with van der Waals surface area (Å²) in [6, 6.07) is 0. The first kappa shape index (κ1) is 24.3. The smallest absolute Gasteiger partial charge is 0.390 e. The molecule has 0 aromatic carbocycles. The van der Waals surface area contributed by atoms with E-state index in [-0.39, 0.29) is 6.54 Å². The van der Waals surface area contributed by atoms with Gasteiger partial charge in [0.2, 0.25) is 0 Å². The topological polar surface area (TPSA) is 182 Å². The highest BCUT2D eigenvalue weighted by Gasteiger charge is 2.46. The van der Waals surface area contributed by atoms with Crippen LogP contribution in [0.5, 0.6) is 0 Å². The van der Waals surface area contributed by atoms with E-state index in [2.05, 4.69) is 22.2 Å². The Morgan fingerprint density at radius 3 is 2.08 bits per heavy atom. The van der Waals surface area contributed by atoms with Crippen LogP contribution in [0.25, 0.3) is 0 Å². The van der Waals surface area contributed by atoms with E-state index in [1.807, 2.05) is 0 Å². The van der Waals surface area contributed by atoms with Crippen LogP contribution < -0.4 is 5.73 Å². The lowest BCUT2D eigenvalue weighted by Crippen LogP contribution is -2.34. The van der Waals surface area contributed by atoms with Crippen LogP contribution in [0.4, 0.5) is 0 Å². The molecule has 13 nitrogen and oxygen atoms in total. The molecule has 0 aromatic heterocycles. The molecule has 0 aromatic rings. The maximum absolute atomic E-state index is 12.5. The third-order valence-corrected chi connectivity index (χ3v) is 8.58. The van der Waals surface area contributed by atoms with Crippen molar-refractivity contribution in [3.63, 3.8) is 0 Å². The maximum atomic E-state index is 12.5. The molecule has 1 heterocycles. The summed E-state index contributed by atoms with van der Waals surface area (Å²) in [5.74, 6) is -0.507. The number of hydrogen-bond acceptors (Lipinski definition) is 12. The molecule has 0 saturated carbocycles. The summed E-state index contributed by atoms with van der Waals surface area (Å²) in [4.78, 5) is 9.23. The van der Waals surface area contributed by atoms with Crippen LogP contribution in [0.2, 0.25) is 0 Å². The van der Waals surface area contributed by atoms with Gasteiger partial charge in [0.25, 0.3) is 0 Å². The van der Waals surface area contributed by atoms with Gasteiger partial charge in [-0.1, -0.05) is 0 Å². The molecule has 7 atom stereocenters. The molecule has 16 heteroatoms. The molecule has 1 rings (SSSR count). The molecule has 3 unspecified atom stereocenters. The van der Waals surface area contributed by atoms with E-state index in [1.165, 1.54) is 0 Å². The second-order valence-corrected chi connectivity index (χ2v) is 10.5. The average Bonchev–Trinajstić information content (AvgIpc) is 2.86. The standard InChI is InChI=1S/C10H24NO12P3/c1-7-10(12)8(5-11)9(21-7)6-20-25(15,18-3)23-26(16,19-4)22-24(13,14)17-2/h7-10,12H,5-6,11H2,1-4H3,(H,13,14)/t7-,8+,9+,10-,25?,26?/m0/s1.